The highest BCUT2D eigenvalue weighted by molar-refractivity contribution is 5.41. The van der Waals surface area contributed by atoms with E-state index in [1.165, 1.54) is 12.8 Å². The lowest BCUT2D eigenvalue weighted by atomic mass is 9.85. The van der Waals surface area contributed by atoms with Gasteiger partial charge >= 0.3 is 0 Å². The van der Waals surface area contributed by atoms with Crippen molar-refractivity contribution in [3.05, 3.63) is 59.7 Å². The average molecular weight is 267 g/mol. The van der Waals surface area contributed by atoms with Gasteiger partial charge in [-0.2, -0.15) is 5.26 Å². The average Bonchev–Trinajstić information content (AvgIpc) is 2.53. The molecule has 0 N–H and O–H groups in total. The maximum absolute atomic E-state index is 8.97. The Bertz CT molecular complexity index is 524. The van der Waals surface area contributed by atoms with Crippen LogP contribution in [-0.2, 0) is 10.3 Å². The van der Waals surface area contributed by atoms with Crippen LogP contribution in [0.5, 0.6) is 0 Å². The maximum atomic E-state index is 8.97. The van der Waals surface area contributed by atoms with E-state index in [4.69, 9.17) is 10.00 Å². The monoisotopic (exact) mass is 267 g/mol. The molecule has 0 saturated carbocycles. The normalized spacial score (nSPS) is 21.3. The molecule has 0 aliphatic heterocycles. The first-order valence-corrected chi connectivity index (χ1v) is 7.30. The van der Waals surface area contributed by atoms with Gasteiger partial charge in [0, 0.05) is 18.6 Å². The van der Waals surface area contributed by atoms with Gasteiger partial charge in [0.25, 0.3) is 0 Å². The molecule has 1 aromatic rings. The molecule has 0 spiro atoms. The SMILES string of the molecule is CCCCCOC1(c2ccccc2)C=CC(C#N)=CC1. The molecular formula is C18H21NO. The molecule has 0 bridgehead atoms. The van der Waals surface area contributed by atoms with Gasteiger partial charge in [-0.25, -0.2) is 0 Å². The van der Waals surface area contributed by atoms with Gasteiger partial charge in [0.2, 0.25) is 0 Å². The second kappa shape index (κ2) is 7.07. The molecule has 0 aromatic heterocycles. The van der Waals surface area contributed by atoms with Crippen molar-refractivity contribution in [3.8, 4) is 6.07 Å². The molecule has 2 nitrogen and oxygen atoms in total. The minimum Gasteiger partial charge on any atom is -0.366 e. The summed E-state index contributed by atoms with van der Waals surface area (Å²) in [6, 6.07) is 12.4. The molecule has 2 heteroatoms. The van der Waals surface area contributed by atoms with Gasteiger partial charge in [-0.1, -0.05) is 56.2 Å². The molecule has 1 aliphatic rings. The van der Waals surface area contributed by atoms with Crippen LogP contribution in [0.25, 0.3) is 0 Å². The van der Waals surface area contributed by atoms with Crippen LogP contribution >= 0.6 is 0 Å². The van der Waals surface area contributed by atoms with E-state index >= 15 is 0 Å². The van der Waals surface area contributed by atoms with Crippen molar-refractivity contribution in [3.63, 3.8) is 0 Å². The Kier molecular flexibility index (Phi) is 5.15. The fourth-order valence-corrected chi connectivity index (χ4v) is 2.44. The summed E-state index contributed by atoms with van der Waals surface area (Å²) in [5.41, 5.74) is 1.46. The molecule has 1 unspecified atom stereocenters. The van der Waals surface area contributed by atoms with Gasteiger partial charge in [0.15, 0.2) is 0 Å². The fourth-order valence-electron chi connectivity index (χ4n) is 2.44. The summed E-state index contributed by atoms with van der Waals surface area (Å²) in [6.07, 6.45) is 10.1. The highest BCUT2D eigenvalue weighted by Gasteiger charge is 2.31. The van der Waals surface area contributed by atoms with Crippen molar-refractivity contribution in [2.75, 3.05) is 6.61 Å². The largest absolute Gasteiger partial charge is 0.366 e. The lowest BCUT2D eigenvalue weighted by Gasteiger charge is -2.32. The standard InChI is InChI=1S/C18H21NO/c1-2-3-7-14-20-18(17-8-5-4-6-9-17)12-10-16(15-19)11-13-18/h4-6,8-12H,2-3,7,13-14H2,1H3. The molecule has 0 heterocycles. The molecule has 20 heavy (non-hydrogen) atoms. The predicted molar refractivity (Wildman–Crippen MR) is 81.1 cm³/mol. The van der Waals surface area contributed by atoms with Crippen LogP contribution in [-0.4, -0.2) is 6.61 Å². The van der Waals surface area contributed by atoms with Gasteiger partial charge in [-0.05, 0) is 24.1 Å². The predicted octanol–water partition coefficient (Wildman–Crippen LogP) is 4.50. The van der Waals surface area contributed by atoms with Crippen molar-refractivity contribution in [2.45, 2.75) is 38.2 Å². The number of rotatable bonds is 6. The number of hydrogen-bond donors (Lipinski definition) is 0. The molecule has 104 valence electrons. The van der Waals surface area contributed by atoms with E-state index in [0.717, 1.165) is 25.0 Å². The third kappa shape index (κ3) is 3.37. The van der Waals surface area contributed by atoms with Crippen LogP contribution in [0, 0.1) is 11.3 Å². The topological polar surface area (TPSA) is 33.0 Å². The van der Waals surface area contributed by atoms with Crippen LogP contribution in [0.15, 0.2) is 54.1 Å². The lowest BCUT2D eigenvalue weighted by molar-refractivity contribution is -0.0131. The number of nitriles is 1. The smallest absolute Gasteiger partial charge is 0.115 e. The summed E-state index contributed by atoms with van der Waals surface area (Å²) < 4.78 is 6.21. The van der Waals surface area contributed by atoms with Gasteiger partial charge < -0.3 is 4.74 Å². The van der Waals surface area contributed by atoms with Crippen LogP contribution in [0.1, 0.15) is 38.2 Å². The lowest BCUT2D eigenvalue weighted by Crippen LogP contribution is -2.29. The van der Waals surface area contributed by atoms with Gasteiger partial charge in [-0.15, -0.1) is 0 Å². The molecule has 0 radical (unpaired) electrons. The van der Waals surface area contributed by atoms with Crippen LogP contribution in [0.2, 0.25) is 0 Å². The minimum atomic E-state index is -0.407. The number of benzene rings is 1. The molecule has 1 aromatic carbocycles. The third-order valence-corrected chi connectivity index (χ3v) is 3.66. The van der Waals surface area contributed by atoms with Crippen molar-refractivity contribution in [1.29, 1.82) is 5.26 Å². The van der Waals surface area contributed by atoms with E-state index in [1.807, 2.05) is 36.4 Å². The summed E-state index contributed by atoms with van der Waals surface area (Å²) in [5, 5.41) is 8.97. The third-order valence-electron chi connectivity index (χ3n) is 3.66. The maximum Gasteiger partial charge on any atom is 0.115 e. The van der Waals surface area contributed by atoms with Crippen molar-refractivity contribution < 1.29 is 4.74 Å². The molecule has 1 aliphatic carbocycles. The van der Waals surface area contributed by atoms with Crippen LogP contribution < -0.4 is 0 Å². The highest BCUT2D eigenvalue weighted by atomic mass is 16.5. The minimum absolute atomic E-state index is 0.407. The zero-order chi connectivity index (χ0) is 14.3. The Balaban J connectivity index is 2.16. The van der Waals surface area contributed by atoms with Gasteiger partial charge in [0.1, 0.15) is 5.60 Å². The van der Waals surface area contributed by atoms with Crippen molar-refractivity contribution >= 4 is 0 Å². The molecule has 0 fully saturated rings. The summed E-state index contributed by atoms with van der Waals surface area (Å²) in [5.74, 6) is 0. The van der Waals surface area contributed by atoms with Crippen LogP contribution in [0.3, 0.4) is 0 Å². The van der Waals surface area contributed by atoms with E-state index in [1.54, 1.807) is 0 Å². The van der Waals surface area contributed by atoms with Crippen molar-refractivity contribution in [2.24, 2.45) is 0 Å². The Morgan fingerprint density at radius 3 is 2.65 bits per heavy atom. The van der Waals surface area contributed by atoms with E-state index in [-0.39, 0.29) is 0 Å². The molecule has 0 amide bonds. The first-order valence-electron chi connectivity index (χ1n) is 7.30. The fraction of sp³-hybridized carbons (Fsp3) is 0.389. The summed E-state index contributed by atoms with van der Waals surface area (Å²) in [7, 11) is 0. The molecular weight excluding hydrogens is 246 g/mol. The molecule has 0 saturated heterocycles. The van der Waals surface area contributed by atoms with Gasteiger partial charge in [-0.3, -0.25) is 0 Å². The van der Waals surface area contributed by atoms with Gasteiger partial charge in [0.05, 0.1) is 6.07 Å². The van der Waals surface area contributed by atoms with Crippen molar-refractivity contribution in [1.82, 2.24) is 0 Å². The second-order valence-electron chi connectivity index (χ2n) is 5.12. The summed E-state index contributed by atoms with van der Waals surface area (Å²) in [4.78, 5) is 0. The van der Waals surface area contributed by atoms with E-state index in [2.05, 4.69) is 25.1 Å². The first kappa shape index (κ1) is 14.6. The second-order valence-corrected chi connectivity index (χ2v) is 5.12. The Labute approximate surface area is 121 Å². The van der Waals surface area contributed by atoms with Crippen LogP contribution in [0.4, 0.5) is 0 Å². The number of allylic oxidation sites excluding steroid dienone is 2. The Morgan fingerprint density at radius 2 is 2.05 bits per heavy atom. The first-order chi connectivity index (χ1) is 9.80. The Hall–Kier alpha value is -1.85. The molecule has 1 atom stereocenters. The molecule has 2 rings (SSSR count). The van der Waals surface area contributed by atoms with E-state index in [9.17, 15) is 0 Å². The Morgan fingerprint density at radius 1 is 1.25 bits per heavy atom. The number of ether oxygens (including phenoxy) is 1. The zero-order valence-electron chi connectivity index (χ0n) is 12.0. The van der Waals surface area contributed by atoms with E-state index < -0.39 is 5.60 Å². The quantitative estimate of drug-likeness (QED) is 0.711. The zero-order valence-corrected chi connectivity index (χ0v) is 12.0. The number of hydrogen-bond acceptors (Lipinski definition) is 2. The summed E-state index contributed by atoms with van der Waals surface area (Å²) in [6.45, 7) is 2.94. The summed E-state index contributed by atoms with van der Waals surface area (Å²) >= 11 is 0. The number of nitrogens with zero attached hydrogens (tertiary/aromatic N) is 1. The number of unbranched alkanes of at least 4 members (excludes halogenated alkanes) is 2. The van der Waals surface area contributed by atoms with E-state index in [0.29, 0.717) is 5.57 Å². The highest BCUT2D eigenvalue weighted by Crippen LogP contribution is 2.35.